The molecule has 1 amide bonds. The maximum atomic E-state index is 11.8. The SMILES string of the molecule is CCCOc1ccc(OCC(=O)NCC(N)(CC)CC)cc1.Cl. The molecule has 0 fully saturated rings. The van der Waals surface area contributed by atoms with E-state index < -0.39 is 0 Å². The van der Waals surface area contributed by atoms with Gasteiger partial charge in [0.2, 0.25) is 0 Å². The highest BCUT2D eigenvalue weighted by Gasteiger charge is 2.20. The fourth-order valence-corrected chi connectivity index (χ4v) is 1.83. The molecule has 0 unspecified atom stereocenters. The van der Waals surface area contributed by atoms with Gasteiger partial charge in [0.1, 0.15) is 11.5 Å². The summed E-state index contributed by atoms with van der Waals surface area (Å²) in [5.41, 5.74) is 5.80. The quantitative estimate of drug-likeness (QED) is 0.684. The van der Waals surface area contributed by atoms with Gasteiger partial charge in [0.15, 0.2) is 6.61 Å². The highest BCUT2D eigenvalue weighted by atomic mass is 35.5. The number of hydrogen-bond donors (Lipinski definition) is 2. The van der Waals surface area contributed by atoms with Crippen LogP contribution in [0, 0.1) is 0 Å². The molecule has 0 aromatic heterocycles. The third-order valence-corrected chi connectivity index (χ3v) is 3.71. The lowest BCUT2D eigenvalue weighted by Gasteiger charge is -2.26. The summed E-state index contributed by atoms with van der Waals surface area (Å²) in [6.45, 7) is 7.24. The summed E-state index contributed by atoms with van der Waals surface area (Å²) >= 11 is 0. The molecule has 5 nitrogen and oxygen atoms in total. The van der Waals surface area contributed by atoms with Crippen molar-refractivity contribution in [2.24, 2.45) is 5.73 Å². The number of benzene rings is 1. The standard InChI is InChI=1S/C17H28N2O3.ClH/c1-4-11-21-14-7-9-15(10-8-14)22-12-16(20)19-13-17(18,5-2)6-3;/h7-10H,4-6,11-13,18H2,1-3H3,(H,19,20);1H. The van der Waals surface area contributed by atoms with Gasteiger partial charge in [-0.2, -0.15) is 0 Å². The summed E-state index contributed by atoms with van der Waals surface area (Å²) in [5.74, 6) is 1.28. The molecule has 1 rings (SSSR count). The van der Waals surface area contributed by atoms with Crippen LogP contribution in [0.1, 0.15) is 40.0 Å². The molecule has 0 aliphatic heterocycles. The van der Waals surface area contributed by atoms with E-state index in [1.807, 2.05) is 26.0 Å². The molecule has 0 aliphatic rings. The highest BCUT2D eigenvalue weighted by Crippen LogP contribution is 2.17. The average Bonchev–Trinajstić information content (AvgIpc) is 2.56. The summed E-state index contributed by atoms with van der Waals surface area (Å²) in [7, 11) is 0. The summed E-state index contributed by atoms with van der Waals surface area (Å²) in [6, 6.07) is 7.26. The Hall–Kier alpha value is -1.46. The van der Waals surface area contributed by atoms with E-state index in [1.165, 1.54) is 0 Å². The van der Waals surface area contributed by atoms with Gasteiger partial charge in [0.05, 0.1) is 6.61 Å². The van der Waals surface area contributed by atoms with Gasteiger partial charge in [0.25, 0.3) is 5.91 Å². The van der Waals surface area contributed by atoms with Crippen molar-refractivity contribution in [2.45, 2.75) is 45.6 Å². The maximum absolute atomic E-state index is 11.8. The fraction of sp³-hybridized carbons (Fsp3) is 0.588. The molecule has 3 N–H and O–H groups in total. The molecule has 23 heavy (non-hydrogen) atoms. The van der Waals surface area contributed by atoms with Gasteiger partial charge >= 0.3 is 0 Å². The summed E-state index contributed by atoms with van der Waals surface area (Å²) in [6.07, 6.45) is 2.62. The van der Waals surface area contributed by atoms with Crippen molar-refractivity contribution in [3.8, 4) is 11.5 Å². The lowest BCUT2D eigenvalue weighted by atomic mass is 9.94. The van der Waals surface area contributed by atoms with Crippen molar-refractivity contribution in [3.05, 3.63) is 24.3 Å². The molecular formula is C17H29ClN2O3. The monoisotopic (exact) mass is 344 g/mol. The molecule has 1 aromatic carbocycles. The minimum Gasteiger partial charge on any atom is -0.494 e. The molecule has 132 valence electrons. The minimum atomic E-state index is -0.339. The van der Waals surface area contributed by atoms with Crippen LogP contribution in [0.2, 0.25) is 0 Å². The van der Waals surface area contributed by atoms with Gasteiger partial charge in [-0.3, -0.25) is 4.79 Å². The van der Waals surface area contributed by atoms with Crippen molar-refractivity contribution in [2.75, 3.05) is 19.8 Å². The predicted octanol–water partition coefficient (Wildman–Crippen LogP) is 2.91. The lowest BCUT2D eigenvalue weighted by molar-refractivity contribution is -0.123. The van der Waals surface area contributed by atoms with E-state index in [1.54, 1.807) is 12.1 Å². The average molecular weight is 345 g/mol. The number of carbonyl (C=O) groups excluding carboxylic acids is 1. The molecule has 0 atom stereocenters. The lowest BCUT2D eigenvalue weighted by Crippen LogP contribution is -2.50. The Morgan fingerprint density at radius 3 is 2.09 bits per heavy atom. The highest BCUT2D eigenvalue weighted by molar-refractivity contribution is 5.85. The second kappa shape index (κ2) is 11.1. The van der Waals surface area contributed by atoms with Crippen LogP contribution in [-0.4, -0.2) is 31.2 Å². The Morgan fingerprint density at radius 1 is 1.09 bits per heavy atom. The molecule has 1 aromatic rings. The van der Waals surface area contributed by atoms with Crippen molar-refractivity contribution >= 4 is 18.3 Å². The summed E-state index contributed by atoms with van der Waals surface area (Å²) < 4.78 is 10.9. The normalized spacial score (nSPS) is 10.6. The molecule has 0 aliphatic carbocycles. The maximum Gasteiger partial charge on any atom is 0.258 e. The Bertz CT molecular complexity index is 448. The number of rotatable bonds is 10. The van der Waals surface area contributed by atoms with Gasteiger partial charge < -0.3 is 20.5 Å². The van der Waals surface area contributed by atoms with Gasteiger partial charge in [-0.15, -0.1) is 12.4 Å². The van der Waals surface area contributed by atoms with Gasteiger partial charge in [-0.1, -0.05) is 20.8 Å². The van der Waals surface area contributed by atoms with Crippen LogP contribution in [0.4, 0.5) is 0 Å². The zero-order valence-electron chi connectivity index (χ0n) is 14.3. The first kappa shape index (κ1) is 21.5. The topological polar surface area (TPSA) is 73.6 Å². The molecular weight excluding hydrogens is 316 g/mol. The minimum absolute atomic E-state index is 0. The number of nitrogens with one attached hydrogen (secondary N) is 1. The third-order valence-electron chi connectivity index (χ3n) is 3.71. The second-order valence-corrected chi connectivity index (χ2v) is 5.45. The number of amides is 1. The zero-order chi connectivity index (χ0) is 16.4. The van der Waals surface area contributed by atoms with E-state index in [0.717, 1.165) is 25.0 Å². The smallest absolute Gasteiger partial charge is 0.258 e. The first-order valence-electron chi connectivity index (χ1n) is 7.94. The number of ether oxygens (including phenoxy) is 2. The van der Waals surface area contributed by atoms with E-state index in [2.05, 4.69) is 12.2 Å². The fourth-order valence-electron chi connectivity index (χ4n) is 1.83. The van der Waals surface area contributed by atoms with Crippen LogP contribution in [-0.2, 0) is 4.79 Å². The zero-order valence-corrected chi connectivity index (χ0v) is 15.1. The van der Waals surface area contributed by atoms with Crippen molar-refractivity contribution < 1.29 is 14.3 Å². The third kappa shape index (κ3) is 8.09. The van der Waals surface area contributed by atoms with Crippen LogP contribution in [0.25, 0.3) is 0 Å². The van der Waals surface area contributed by atoms with Crippen molar-refractivity contribution in [3.63, 3.8) is 0 Å². The van der Waals surface area contributed by atoms with Crippen molar-refractivity contribution in [1.82, 2.24) is 5.32 Å². The Kier molecular flexibility index (Phi) is 10.4. The summed E-state index contributed by atoms with van der Waals surface area (Å²) in [5, 5.41) is 2.82. The van der Waals surface area contributed by atoms with E-state index in [4.69, 9.17) is 15.2 Å². The molecule has 0 saturated carbocycles. The van der Waals surface area contributed by atoms with Crippen LogP contribution >= 0.6 is 12.4 Å². The largest absolute Gasteiger partial charge is 0.494 e. The van der Waals surface area contributed by atoms with Gasteiger partial charge in [0, 0.05) is 12.1 Å². The van der Waals surface area contributed by atoms with Crippen LogP contribution in [0.3, 0.4) is 0 Å². The number of carbonyl (C=O) groups is 1. The predicted molar refractivity (Wildman–Crippen MR) is 95.5 cm³/mol. The van der Waals surface area contributed by atoms with Crippen LogP contribution in [0.5, 0.6) is 11.5 Å². The molecule has 0 bridgehead atoms. The van der Waals surface area contributed by atoms with E-state index in [0.29, 0.717) is 18.9 Å². The Balaban J connectivity index is 0.00000484. The molecule has 0 radical (unpaired) electrons. The van der Waals surface area contributed by atoms with E-state index in [9.17, 15) is 4.79 Å². The number of hydrogen-bond acceptors (Lipinski definition) is 4. The van der Waals surface area contributed by atoms with Crippen LogP contribution in [0.15, 0.2) is 24.3 Å². The van der Waals surface area contributed by atoms with Gasteiger partial charge in [-0.25, -0.2) is 0 Å². The number of halogens is 1. The second-order valence-electron chi connectivity index (χ2n) is 5.45. The molecule has 0 heterocycles. The number of nitrogens with two attached hydrogens (primary N) is 1. The van der Waals surface area contributed by atoms with Crippen molar-refractivity contribution in [1.29, 1.82) is 0 Å². The van der Waals surface area contributed by atoms with E-state index >= 15 is 0 Å². The first-order chi connectivity index (χ1) is 10.5. The van der Waals surface area contributed by atoms with Gasteiger partial charge in [-0.05, 0) is 43.5 Å². The first-order valence-corrected chi connectivity index (χ1v) is 7.94. The Labute approximate surface area is 145 Å². The van der Waals surface area contributed by atoms with Crippen LogP contribution < -0.4 is 20.5 Å². The molecule has 6 heteroatoms. The van der Waals surface area contributed by atoms with E-state index in [-0.39, 0.29) is 30.5 Å². The molecule has 0 saturated heterocycles. The molecule has 0 spiro atoms. The summed E-state index contributed by atoms with van der Waals surface area (Å²) in [4.78, 5) is 11.8. The Morgan fingerprint density at radius 2 is 1.61 bits per heavy atom.